The molecule has 0 atom stereocenters. The fraction of sp³-hybridized carbons (Fsp3) is 0. The molecule has 0 bridgehead atoms. The van der Waals surface area contributed by atoms with Crippen LogP contribution in [-0.2, 0) is 0 Å². The molecule has 0 aliphatic carbocycles. The Kier molecular flexibility index (Phi) is 2.71. The predicted molar refractivity (Wildman–Crippen MR) is 65.5 cm³/mol. The molecule has 0 N–H and O–H groups in total. The summed E-state index contributed by atoms with van der Waals surface area (Å²) >= 11 is 0. The highest BCUT2D eigenvalue weighted by Crippen LogP contribution is 2.21. The van der Waals surface area contributed by atoms with Gasteiger partial charge < -0.3 is 4.52 Å². The summed E-state index contributed by atoms with van der Waals surface area (Å²) in [6, 6.07) is 8.91. The maximum Gasteiger partial charge on any atom is 0.258 e. The zero-order chi connectivity index (χ0) is 13.1. The molecule has 0 fully saturated rings. The lowest BCUT2D eigenvalue weighted by molar-refractivity contribution is 0.432. The van der Waals surface area contributed by atoms with E-state index in [0.29, 0.717) is 23.0 Å². The maximum absolute atomic E-state index is 8.80. The van der Waals surface area contributed by atoms with Crippen molar-refractivity contribution in [2.24, 2.45) is 0 Å². The molecule has 6 nitrogen and oxygen atoms in total. The van der Waals surface area contributed by atoms with E-state index in [1.807, 2.05) is 12.1 Å². The van der Waals surface area contributed by atoms with Gasteiger partial charge in [-0.1, -0.05) is 5.16 Å². The van der Waals surface area contributed by atoms with Crippen LogP contribution < -0.4 is 0 Å². The van der Waals surface area contributed by atoms with E-state index < -0.39 is 0 Å². The number of aromatic nitrogens is 4. The van der Waals surface area contributed by atoms with Crippen molar-refractivity contribution in [3.8, 4) is 28.9 Å². The molecule has 3 rings (SSSR count). The molecule has 3 aromatic rings. The largest absolute Gasteiger partial charge is 0.334 e. The van der Waals surface area contributed by atoms with Crippen LogP contribution in [0.25, 0.3) is 22.8 Å². The molecule has 0 radical (unpaired) electrons. The minimum absolute atomic E-state index is 0.304. The molecule has 19 heavy (non-hydrogen) atoms. The van der Waals surface area contributed by atoms with E-state index >= 15 is 0 Å². The van der Waals surface area contributed by atoms with Crippen molar-refractivity contribution in [1.82, 2.24) is 20.1 Å². The minimum Gasteiger partial charge on any atom is -0.334 e. The number of nitrogens with zero attached hydrogens (tertiary/aromatic N) is 5. The van der Waals surface area contributed by atoms with E-state index in [0.717, 1.165) is 5.56 Å². The first kappa shape index (κ1) is 11.0. The highest BCUT2D eigenvalue weighted by atomic mass is 16.5. The van der Waals surface area contributed by atoms with Gasteiger partial charge in [0, 0.05) is 29.7 Å². The van der Waals surface area contributed by atoms with Gasteiger partial charge in [0.05, 0.1) is 0 Å². The molecule has 0 saturated carbocycles. The zero-order valence-corrected chi connectivity index (χ0v) is 9.69. The van der Waals surface area contributed by atoms with Crippen LogP contribution in [0.2, 0.25) is 0 Å². The van der Waals surface area contributed by atoms with E-state index in [-0.39, 0.29) is 0 Å². The van der Waals surface area contributed by atoms with E-state index in [4.69, 9.17) is 9.78 Å². The molecular formula is C13H7N5O. The Balaban J connectivity index is 2.00. The van der Waals surface area contributed by atoms with Gasteiger partial charge in [-0.3, -0.25) is 4.98 Å². The number of nitriles is 1. The molecule has 0 amide bonds. The average molecular weight is 249 g/mol. The molecule has 90 valence electrons. The first-order valence-corrected chi connectivity index (χ1v) is 5.47. The molecule has 0 aliphatic rings. The highest BCUT2D eigenvalue weighted by Gasteiger charge is 2.11. The van der Waals surface area contributed by atoms with Crippen LogP contribution in [0.15, 0.2) is 47.4 Å². The predicted octanol–water partition coefficient (Wildman–Crippen LogP) is 2.07. The van der Waals surface area contributed by atoms with Gasteiger partial charge in [0.25, 0.3) is 5.89 Å². The van der Waals surface area contributed by atoms with Gasteiger partial charge in [-0.25, -0.2) is 4.98 Å². The van der Waals surface area contributed by atoms with Gasteiger partial charge in [-0.2, -0.15) is 10.2 Å². The maximum atomic E-state index is 8.80. The zero-order valence-electron chi connectivity index (χ0n) is 9.69. The van der Waals surface area contributed by atoms with Crippen LogP contribution >= 0.6 is 0 Å². The topological polar surface area (TPSA) is 88.5 Å². The lowest BCUT2D eigenvalue weighted by Gasteiger charge is -1.93. The number of pyridine rings is 2. The standard InChI is InChI=1S/C13H7N5O/c14-7-11-6-9(3-5-16-11)13-17-12(18-19-13)10-2-1-4-15-8-10/h1-6,8H. The van der Waals surface area contributed by atoms with Crippen molar-refractivity contribution in [2.45, 2.75) is 0 Å². The van der Waals surface area contributed by atoms with Crippen LogP contribution in [0.4, 0.5) is 0 Å². The van der Waals surface area contributed by atoms with Crippen molar-refractivity contribution in [3.63, 3.8) is 0 Å². The summed E-state index contributed by atoms with van der Waals surface area (Å²) in [4.78, 5) is 12.2. The van der Waals surface area contributed by atoms with Gasteiger partial charge in [0.1, 0.15) is 11.8 Å². The Morgan fingerprint density at radius 2 is 2.11 bits per heavy atom. The Bertz CT molecular complexity index is 745. The summed E-state index contributed by atoms with van der Waals surface area (Å²) in [5, 5.41) is 12.7. The van der Waals surface area contributed by atoms with Gasteiger partial charge >= 0.3 is 0 Å². The first-order valence-electron chi connectivity index (χ1n) is 5.47. The molecule has 0 saturated heterocycles. The molecule has 3 aromatic heterocycles. The average Bonchev–Trinajstić information content (AvgIpc) is 2.98. The smallest absolute Gasteiger partial charge is 0.258 e. The second-order valence-electron chi connectivity index (χ2n) is 3.71. The van der Waals surface area contributed by atoms with Gasteiger partial charge in [-0.15, -0.1) is 0 Å². The molecule has 0 aromatic carbocycles. The van der Waals surface area contributed by atoms with Crippen LogP contribution in [0.1, 0.15) is 5.69 Å². The normalized spacial score (nSPS) is 10.1. The second kappa shape index (κ2) is 4.66. The van der Waals surface area contributed by atoms with Crippen LogP contribution in [0.5, 0.6) is 0 Å². The minimum atomic E-state index is 0.304. The Morgan fingerprint density at radius 3 is 2.89 bits per heavy atom. The van der Waals surface area contributed by atoms with Crippen molar-refractivity contribution in [2.75, 3.05) is 0 Å². The Morgan fingerprint density at radius 1 is 1.16 bits per heavy atom. The van der Waals surface area contributed by atoms with Crippen molar-refractivity contribution >= 4 is 0 Å². The summed E-state index contributed by atoms with van der Waals surface area (Å²) in [6.07, 6.45) is 4.86. The summed E-state index contributed by atoms with van der Waals surface area (Å²) < 4.78 is 5.18. The fourth-order valence-electron chi connectivity index (χ4n) is 1.58. The summed E-state index contributed by atoms with van der Waals surface area (Å²) in [5.74, 6) is 0.802. The first-order chi connectivity index (χ1) is 9.36. The monoisotopic (exact) mass is 249 g/mol. The van der Waals surface area contributed by atoms with Crippen LogP contribution in [0, 0.1) is 11.3 Å². The third kappa shape index (κ3) is 2.17. The summed E-state index contributed by atoms with van der Waals surface area (Å²) in [5.41, 5.74) is 1.74. The van der Waals surface area contributed by atoms with Crippen molar-refractivity contribution < 1.29 is 4.52 Å². The van der Waals surface area contributed by atoms with Gasteiger partial charge in [0.2, 0.25) is 5.82 Å². The Hall–Kier alpha value is -3.07. The summed E-state index contributed by atoms with van der Waals surface area (Å²) in [6.45, 7) is 0. The number of hydrogen-bond donors (Lipinski definition) is 0. The summed E-state index contributed by atoms with van der Waals surface area (Å²) in [7, 11) is 0. The molecule has 3 heterocycles. The number of rotatable bonds is 2. The SMILES string of the molecule is N#Cc1cc(-c2nc(-c3cccnc3)no2)ccn1. The molecular weight excluding hydrogens is 242 g/mol. The molecule has 0 unspecified atom stereocenters. The van der Waals surface area contributed by atoms with E-state index in [2.05, 4.69) is 20.1 Å². The van der Waals surface area contributed by atoms with E-state index in [1.54, 1.807) is 30.6 Å². The van der Waals surface area contributed by atoms with Gasteiger partial charge in [0.15, 0.2) is 0 Å². The highest BCUT2D eigenvalue weighted by molar-refractivity contribution is 5.59. The second-order valence-corrected chi connectivity index (χ2v) is 3.71. The van der Waals surface area contributed by atoms with Crippen LogP contribution in [-0.4, -0.2) is 20.1 Å². The van der Waals surface area contributed by atoms with E-state index in [9.17, 15) is 0 Å². The Labute approximate surface area is 108 Å². The molecule has 0 aliphatic heterocycles. The molecule has 6 heteroatoms. The third-order valence-corrected chi connectivity index (χ3v) is 2.47. The lowest BCUT2D eigenvalue weighted by atomic mass is 10.2. The lowest BCUT2D eigenvalue weighted by Crippen LogP contribution is -1.85. The fourth-order valence-corrected chi connectivity index (χ4v) is 1.58. The number of hydrogen-bond acceptors (Lipinski definition) is 6. The molecule has 0 spiro atoms. The third-order valence-electron chi connectivity index (χ3n) is 2.47. The van der Waals surface area contributed by atoms with Gasteiger partial charge in [-0.05, 0) is 24.3 Å². The van der Waals surface area contributed by atoms with Crippen molar-refractivity contribution in [1.29, 1.82) is 5.26 Å². The quantitative estimate of drug-likeness (QED) is 0.690. The van der Waals surface area contributed by atoms with E-state index in [1.165, 1.54) is 6.20 Å². The van der Waals surface area contributed by atoms with Crippen LogP contribution in [0.3, 0.4) is 0 Å². The van der Waals surface area contributed by atoms with Crippen molar-refractivity contribution in [3.05, 3.63) is 48.5 Å².